The minimum Gasteiger partial charge on any atom is -0.489 e. The van der Waals surface area contributed by atoms with Crippen molar-refractivity contribution in [1.82, 2.24) is 4.57 Å². The van der Waals surface area contributed by atoms with Crippen LogP contribution in [0.1, 0.15) is 44.9 Å². The molecule has 0 saturated carbocycles. The Hall–Kier alpha value is -2.39. The Balaban J connectivity index is 1.67. The third kappa shape index (κ3) is 5.11. The van der Waals surface area contributed by atoms with E-state index in [1.807, 2.05) is 38.1 Å². The summed E-state index contributed by atoms with van der Waals surface area (Å²) in [5.74, 6) is 1.51. The average Bonchev–Trinajstić information content (AvgIpc) is 3.44. The number of nitrogens with zero attached hydrogens (tertiary/aromatic N) is 2. The van der Waals surface area contributed by atoms with Crippen LogP contribution in [0.2, 0.25) is 0 Å². The summed E-state index contributed by atoms with van der Waals surface area (Å²) in [4.78, 5) is 32.1. The molecule has 3 heterocycles. The van der Waals surface area contributed by atoms with Crippen LogP contribution in [0.3, 0.4) is 0 Å². The maximum Gasteiger partial charge on any atom is 0.338 e. The van der Waals surface area contributed by atoms with Gasteiger partial charge in [0.15, 0.2) is 16.3 Å². The molecule has 3 aromatic rings. The Morgan fingerprint density at radius 2 is 1.92 bits per heavy atom. The molecule has 0 spiro atoms. The van der Waals surface area contributed by atoms with Crippen LogP contribution < -0.4 is 29.1 Å². The first-order valence-electron chi connectivity index (χ1n) is 11.9. The summed E-state index contributed by atoms with van der Waals surface area (Å²) in [6, 6.07) is 8.69. The normalized spacial score (nSPS) is 16.5. The van der Waals surface area contributed by atoms with Crippen molar-refractivity contribution in [1.29, 1.82) is 0 Å². The summed E-state index contributed by atoms with van der Waals surface area (Å²) < 4.78 is 26.4. The zero-order valence-electron chi connectivity index (χ0n) is 21.0. The Bertz CT molecular complexity index is 1630. The number of aromatic nitrogens is 1. The van der Waals surface area contributed by atoms with Crippen LogP contribution in [0.25, 0.3) is 6.08 Å². The molecule has 2 aliphatic rings. The van der Waals surface area contributed by atoms with Crippen LogP contribution in [-0.4, -0.2) is 30.0 Å². The van der Waals surface area contributed by atoms with Crippen molar-refractivity contribution in [2.45, 2.75) is 39.8 Å². The van der Waals surface area contributed by atoms with Crippen molar-refractivity contribution < 1.29 is 23.7 Å². The van der Waals surface area contributed by atoms with E-state index < -0.39 is 12.0 Å². The van der Waals surface area contributed by atoms with E-state index in [4.69, 9.17) is 18.9 Å². The largest absolute Gasteiger partial charge is 0.489 e. The number of halogens is 2. The number of carbonyl (C=O) groups is 1. The van der Waals surface area contributed by atoms with Gasteiger partial charge in [0.25, 0.3) is 5.56 Å². The SMILES string of the molecule is CCOC(=O)C1=C(C)N=c2s/c(=C\c3cc(I)c(OC(C)C)c(I)c3)c(=O)n2[C@@H]1c1ccc2c(c1)OCO2. The number of carbonyl (C=O) groups excluding carboxylic acids is 1. The van der Waals surface area contributed by atoms with Crippen LogP contribution in [0.15, 0.2) is 51.4 Å². The Morgan fingerprint density at radius 3 is 2.61 bits per heavy atom. The maximum atomic E-state index is 13.9. The van der Waals surface area contributed by atoms with Crippen LogP contribution in [0.4, 0.5) is 0 Å². The molecule has 5 rings (SSSR count). The summed E-state index contributed by atoms with van der Waals surface area (Å²) in [7, 11) is 0. The monoisotopic (exact) mass is 758 g/mol. The van der Waals surface area contributed by atoms with Crippen molar-refractivity contribution in [2.24, 2.45) is 4.99 Å². The highest BCUT2D eigenvalue weighted by Crippen LogP contribution is 2.38. The van der Waals surface area contributed by atoms with E-state index in [2.05, 4.69) is 50.2 Å². The summed E-state index contributed by atoms with van der Waals surface area (Å²) >= 11 is 5.79. The highest BCUT2D eigenvalue weighted by molar-refractivity contribution is 14.1. The standard InChI is InChI=1S/C27H24I2N2O6S/c1-5-34-26(33)22-14(4)30-27-31(23(22)16-6-7-19-20(11-16)36-12-35-19)25(32)21(38-27)10-15-8-17(28)24(18(29)9-15)37-13(2)3/h6-11,13,23H,5,12H2,1-4H3/b21-10-/t23-/m1/s1. The maximum absolute atomic E-state index is 13.9. The van der Waals surface area contributed by atoms with E-state index in [1.54, 1.807) is 30.5 Å². The number of ether oxygens (including phenoxy) is 4. The smallest absolute Gasteiger partial charge is 0.338 e. The molecule has 38 heavy (non-hydrogen) atoms. The molecule has 0 radical (unpaired) electrons. The number of hydrogen-bond donors (Lipinski definition) is 0. The second kappa shape index (κ2) is 11.0. The van der Waals surface area contributed by atoms with Crippen LogP contribution in [-0.2, 0) is 9.53 Å². The van der Waals surface area contributed by atoms with Crippen LogP contribution in [0.5, 0.6) is 17.2 Å². The van der Waals surface area contributed by atoms with Crippen molar-refractivity contribution in [2.75, 3.05) is 13.4 Å². The first-order valence-corrected chi connectivity index (χ1v) is 14.9. The molecule has 11 heteroatoms. The Labute approximate surface area is 250 Å². The van der Waals surface area contributed by atoms with Crippen LogP contribution in [0, 0.1) is 7.14 Å². The number of thiazole rings is 1. The van der Waals surface area contributed by atoms with E-state index in [0.29, 0.717) is 37.7 Å². The second-order valence-electron chi connectivity index (χ2n) is 8.90. The summed E-state index contributed by atoms with van der Waals surface area (Å²) in [6.07, 6.45) is 1.91. The minimum atomic E-state index is -0.718. The van der Waals surface area contributed by atoms with Crippen molar-refractivity contribution >= 4 is 68.6 Å². The van der Waals surface area contributed by atoms with Crippen molar-refractivity contribution in [3.63, 3.8) is 0 Å². The molecule has 0 fully saturated rings. The fourth-order valence-electron chi connectivity index (χ4n) is 4.35. The van der Waals surface area contributed by atoms with Gasteiger partial charge in [-0.1, -0.05) is 17.4 Å². The number of hydrogen-bond acceptors (Lipinski definition) is 8. The fourth-order valence-corrected chi connectivity index (χ4v) is 7.47. The van der Waals surface area contributed by atoms with Gasteiger partial charge in [0.2, 0.25) is 6.79 Å². The molecule has 8 nitrogen and oxygen atoms in total. The lowest BCUT2D eigenvalue weighted by atomic mass is 9.95. The summed E-state index contributed by atoms with van der Waals surface area (Å²) in [5, 5.41) is 0. The summed E-state index contributed by atoms with van der Waals surface area (Å²) in [5.41, 5.74) is 2.18. The van der Waals surface area contributed by atoms with E-state index in [1.165, 1.54) is 11.3 Å². The molecule has 1 atom stereocenters. The van der Waals surface area contributed by atoms with E-state index in [-0.39, 0.29) is 25.1 Å². The van der Waals surface area contributed by atoms with E-state index in [9.17, 15) is 9.59 Å². The lowest BCUT2D eigenvalue weighted by Crippen LogP contribution is -2.39. The van der Waals surface area contributed by atoms with E-state index >= 15 is 0 Å². The molecule has 1 aromatic heterocycles. The number of fused-ring (bicyclic) bond motifs is 2. The topological polar surface area (TPSA) is 88.4 Å². The molecule has 0 aliphatic carbocycles. The quantitative estimate of drug-likeness (QED) is 0.272. The van der Waals surface area contributed by atoms with Gasteiger partial charge in [0, 0.05) is 0 Å². The molecule has 0 unspecified atom stereocenters. The minimum absolute atomic E-state index is 0.0552. The van der Waals surface area contributed by atoms with E-state index in [0.717, 1.165) is 18.5 Å². The Morgan fingerprint density at radius 1 is 1.21 bits per heavy atom. The van der Waals surface area contributed by atoms with Gasteiger partial charge < -0.3 is 18.9 Å². The van der Waals surface area contributed by atoms with Crippen molar-refractivity contribution in [3.8, 4) is 17.2 Å². The van der Waals surface area contributed by atoms with Gasteiger partial charge in [-0.05, 0) is 114 Å². The third-order valence-corrected chi connectivity index (χ3v) is 8.49. The highest BCUT2D eigenvalue weighted by atomic mass is 127. The molecule has 0 saturated heterocycles. The summed E-state index contributed by atoms with van der Waals surface area (Å²) in [6.45, 7) is 7.83. The predicted octanol–water partition coefficient (Wildman–Crippen LogP) is 4.52. The van der Waals surface area contributed by atoms with Gasteiger partial charge in [0.1, 0.15) is 5.75 Å². The molecular formula is C27H24I2N2O6S. The fraction of sp³-hybridized carbons (Fsp3) is 0.296. The molecule has 0 amide bonds. The van der Waals surface area contributed by atoms with Gasteiger partial charge in [-0.15, -0.1) is 0 Å². The number of benzene rings is 2. The predicted molar refractivity (Wildman–Crippen MR) is 161 cm³/mol. The lowest BCUT2D eigenvalue weighted by Gasteiger charge is -2.24. The number of esters is 1. The molecule has 2 aromatic carbocycles. The molecule has 2 aliphatic heterocycles. The van der Waals surface area contributed by atoms with Gasteiger partial charge in [0.05, 0.1) is 41.7 Å². The third-order valence-electron chi connectivity index (χ3n) is 5.90. The second-order valence-corrected chi connectivity index (χ2v) is 12.2. The van der Waals surface area contributed by atoms with Gasteiger partial charge in [-0.2, -0.15) is 0 Å². The molecule has 0 N–H and O–H groups in total. The molecule has 198 valence electrons. The average molecular weight is 758 g/mol. The van der Waals surface area contributed by atoms with Gasteiger partial charge >= 0.3 is 5.97 Å². The lowest BCUT2D eigenvalue weighted by molar-refractivity contribution is -0.139. The zero-order valence-corrected chi connectivity index (χ0v) is 26.2. The highest BCUT2D eigenvalue weighted by Gasteiger charge is 2.34. The molecular weight excluding hydrogens is 734 g/mol. The zero-order chi connectivity index (χ0) is 27.1. The number of allylic oxidation sites excluding steroid dienone is 1. The first kappa shape index (κ1) is 27.2. The van der Waals surface area contributed by atoms with Crippen LogP contribution >= 0.6 is 56.5 Å². The number of rotatable bonds is 6. The van der Waals surface area contributed by atoms with Gasteiger partial charge in [-0.25, -0.2) is 9.79 Å². The Kier molecular flexibility index (Phi) is 7.87. The molecule has 0 bridgehead atoms. The van der Waals surface area contributed by atoms with Crippen molar-refractivity contribution in [3.05, 3.63) is 79.6 Å². The van der Waals surface area contributed by atoms with Gasteiger partial charge in [-0.3, -0.25) is 9.36 Å². The first-order chi connectivity index (χ1) is 18.2.